The number of carbonyl (C=O) groups is 1. The van der Waals surface area contributed by atoms with Crippen LogP contribution in [0.3, 0.4) is 0 Å². The van der Waals surface area contributed by atoms with Gasteiger partial charge in [-0.15, -0.1) is 0 Å². The van der Waals surface area contributed by atoms with E-state index in [1.807, 2.05) is 24.3 Å². The van der Waals surface area contributed by atoms with E-state index in [-0.39, 0.29) is 5.82 Å². The Hall–Kier alpha value is -3.87. The monoisotopic (exact) mass is 359 g/mol. The van der Waals surface area contributed by atoms with Crippen LogP contribution in [0.1, 0.15) is 0 Å². The molecule has 4 aromatic rings. The molecule has 0 atom stereocenters. The highest BCUT2D eigenvalue weighted by molar-refractivity contribution is 6.02. The molecule has 3 aromatic heterocycles. The normalized spacial score (nSPS) is 10.6. The third-order valence-electron chi connectivity index (χ3n) is 3.89. The van der Waals surface area contributed by atoms with Crippen molar-refractivity contribution in [2.75, 3.05) is 10.6 Å². The number of nitrogens with zero attached hydrogens (tertiary/aromatic N) is 3. The van der Waals surface area contributed by atoms with Gasteiger partial charge in [-0.3, -0.25) is 15.3 Å². The number of halogens is 1. The number of fused-ring (bicyclic) bond motifs is 1. The van der Waals surface area contributed by atoms with Crippen molar-refractivity contribution in [3.8, 4) is 11.3 Å². The predicted octanol–water partition coefficient (Wildman–Crippen LogP) is 4.47. The van der Waals surface area contributed by atoms with Crippen LogP contribution in [0, 0.1) is 5.82 Å². The zero-order valence-electron chi connectivity index (χ0n) is 14.1. The molecule has 0 aliphatic heterocycles. The first-order valence-electron chi connectivity index (χ1n) is 8.19. The van der Waals surface area contributed by atoms with E-state index in [0.29, 0.717) is 28.3 Å². The molecule has 0 aliphatic rings. The van der Waals surface area contributed by atoms with Crippen LogP contribution in [0.2, 0.25) is 0 Å². The number of hydrogen-bond donors (Lipinski definition) is 2. The summed E-state index contributed by atoms with van der Waals surface area (Å²) in [6.07, 6.45) is 5.01. The second-order valence-electron chi connectivity index (χ2n) is 5.75. The largest absolute Gasteiger partial charge is 0.324 e. The molecule has 27 heavy (non-hydrogen) atoms. The highest BCUT2D eigenvalue weighted by atomic mass is 19.1. The fourth-order valence-electron chi connectivity index (χ4n) is 2.63. The van der Waals surface area contributed by atoms with Crippen molar-refractivity contribution in [3.63, 3.8) is 0 Å². The topological polar surface area (TPSA) is 79.8 Å². The molecular weight excluding hydrogens is 345 g/mol. The van der Waals surface area contributed by atoms with Gasteiger partial charge in [0, 0.05) is 35.2 Å². The summed E-state index contributed by atoms with van der Waals surface area (Å²) in [5, 5.41) is 6.24. The zero-order valence-corrected chi connectivity index (χ0v) is 14.1. The first kappa shape index (κ1) is 16.6. The minimum Gasteiger partial charge on any atom is -0.308 e. The lowest BCUT2D eigenvalue weighted by molar-refractivity contribution is 0.262. The number of aromatic nitrogens is 3. The fourth-order valence-corrected chi connectivity index (χ4v) is 2.63. The van der Waals surface area contributed by atoms with Gasteiger partial charge in [0.15, 0.2) is 0 Å². The Balaban J connectivity index is 1.69. The van der Waals surface area contributed by atoms with Crippen molar-refractivity contribution < 1.29 is 9.18 Å². The zero-order chi connectivity index (χ0) is 18.6. The third kappa shape index (κ3) is 3.72. The Bertz CT molecular complexity index is 1100. The van der Waals surface area contributed by atoms with Gasteiger partial charge in [-0.1, -0.05) is 6.07 Å². The summed E-state index contributed by atoms with van der Waals surface area (Å²) in [7, 11) is 0. The van der Waals surface area contributed by atoms with Gasteiger partial charge in [-0.05, 0) is 48.5 Å². The maximum absolute atomic E-state index is 13.0. The van der Waals surface area contributed by atoms with Crippen molar-refractivity contribution in [1.29, 1.82) is 0 Å². The number of rotatable bonds is 3. The molecule has 0 saturated carbocycles. The number of anilines is 2. The van der Waals surface area contributed by atoms with Gasteiger partial charge >= 0.3 is 6.03 Å². The van der Waals surface area contributed by atoms with Gasteiger partial charge in [-0.2, -0.15) is 0 Å². The molecule has 0 unspecified atom stereocenters. The number of pyridine rings is 3. The van der Waals surface area contributed by atoms with Crippen molar-refractivity contribution in [2.45, 2.75) is 0 Å². The van der Waals surface area contributed by atoms with Crippen LogP contribution >= 0.6 is 0 Å². The molecule has 0 spiro atoms. The number of hydrogen-bond acceptors (Lipinski definition) is 4. The molecule has 1 aromatic carbocycles. The maximum atomic E-state index is 13.0. The maximum Gasteiger partial charge on any atom is 0.324 e. The Morgan fingerprint density at radius 3 is 2.59 bits per heavy atom. The van der Waals surface area contributed by atoms with Crippen LogP contribution in [0.5, 0.6) is 0 Å². The molecule has 0 bridgehead atoms. The van der Waals surface area contributed by atoms with Crippen molar-refractivity contribution in [2.24, 2.45) is 0 Å². The Labute approximate surface area is 154 Å². The van der Waals surface area contributed by atoms with Crippen molar-refractivity contribution in [3.05, 3.63) is 79.0 Å². The van der Waals surface area contributed by atoms with Crippen molar-refractivity contribution >= 4 is 28.4 Å². The lowest BCUT2D eigenvalue weighted by Gasteiger charge is -2.12. The van der Waals surface area contributed by atoms with E-state index >= 15 is 0 Å². The molecule has 0 aliphatic carbocycles. The average Bonchev–Trinajstić information content (AvgIpc) is 2.70. The number of amides is 2. The quantitative estimate of drug-likeness (QED) is 0.565. The molecule has 6 nitrogen and oxygen atoms in total. The van der Waals surface area contributed by atoms with Gasteiger partial charge in [0.05, 0.1) is 11.2 Å². The van der Waals surface area contributed by atoms with Gasteiger partial charge in [0.25, 0.3) is 0 Å². The molecule has 0 radical (unpaired) electrons. The first-order valence-corrected chi connectivity index (χ1v) is 8.19. The molecule has 0 saturated heterocycles. The number of carbonyl (C=O) groups excluding carboxylic acids is 1. The summed E-state index contributed by atoms with van der Waals surface area (Å²) >= 11 is 0. The summed E-state index contributed by atoms with van der Waals surface area (Å²) in [4.78, 5) is 25.4. The van der Waals surface area contributed by atoms with Gasteiger partial charge < -0.3 is 5.32 Å². The summed E-state index contributed by atoms with van der Waals surface area (Å²) in [6.45, 7) is 0. The van der Waals surface area contributed by atoms with E-state index < -0.39 is 6.03 Å². The standard InChI is InChI=1S/C20H14FN5O/c21-14-4-6-15(7-5-14)24-20(27)26-19-16(18-3-1-2-9-23-18)11-13-12-22-10-8-17(13)25-19/h1-12H,(H2,24,25,26,27). The van der Waals surface area contributed by atoms with Crippen LogP contribution in [0.25, 0.3) is 22.2 Å². The van der Waals surface area contributed by atoms with E-state index in [4.69, 9.17) is 0 Å². The summed E-state index contributed by atoms with van der Waals surface area (Å²) in [6, 6.07) is 14.2. The summed E-state index contributed by atoms with van der Waals surface area (Å²) in [5.41, 5.74) is 2.51. The lowest BCUT2D eigenvalue weighted by Crippen LogP contribution is -2.20. The highest BCUT2D eigenvalue weighted by Gasteiger charge is 2.13. The molecule has 7 heteroatoms. The Morgan fingerprint density at radius 1 is 0.963 bits per heavy atom. The van der Waals surface area contributed by atoms with E-state index in [1.165, 1.54) is 24.3 Å². The van der Waals surface area contributed by atoms with Crippen LogP contribution < -0.4 is 10.6 Å². The van der Waals surface area contributed by atoms with E-state index in [0.717, 1.165) is 5.39 Å². The molecule has 2 amide bonds. The predicted molar refractivity (Wildman–Crippen MR) is 102 cm³/mol. The minimum absolute atomic E-state index is 0.368. The molecule has 3 heterocycles. The van der Waals surface area contributed by atoms with Crippen LogP contribution in [-0.4, -0.2) is 21.0 Å². The fraction of sp³-hybridized carbons (Fsp3) is 0. The minimum atomic E-state index is -0.486. The second kappa shape index (κ2) is 7.17. The smallest absolute Gasteiger partial charge is 0.308 e. The second-order valence-corrected chi connectivity index (χ2v) is 5.75. The Morgan fingerprint density at radius 2 is 1.81 bits per heavy atom. The van der Waals surface area contributed by atoms with Gasteiger partial charge in [0.2, 0.25) is 0 Å². The number of urea groups is 1. The van der Waals surface area contributed by atoms with E-state index in [9.17, 15) is 9.18 Å². The van der Waals surface area contributed by atoms with Crippen LogP contribution in [-0.2, 0) is 0 Å². The molecule has 4 rings (SSSR count). The number of benzene rings is 1. The molecule has 2 N–H and O–H groups in total. The van der Waals surface area contributed by atoms with Crippen molar-refractivity contribution in [1.82, 2.24) is 15.0 Å². The lowest BCUT2D eigenvalue weighted by atomic mass is 10.1. The molecular formula is C20H14FN5O. The Kier molecular flexibility index (Phi) is 4.40. The van der Waals surface area contributed by atoms with Gasteiger partial charge in [-0.25, -0.2) is 14.2 Å². The van der Waals surface area contributed by atoms with Gasteiger partial charge in [0.1, 0.15) is 11.6 Å². The van der Waals surface area contributed by atoms with Crippen LogP contribution in [0.15, 0.2) is 73.2 Å². The molecule has 132 valence electrons. The van der Waals surface area contributed by atoms with Crippen LogP contribution in [0.4, 0.5) is 20.7 Å². The first-order chi connectivity index (χ1) is 13.2. The average molecular weight is 359 g/mol. The summed E-state index contributed by atoms with van der Waals surface area (Å²) < 4.78 is 13.0. The third-order valence-corrected chi connectivity index (χ3v) is 3.89. The van der Waals surface area contributed by atoms with E-state index in [2.05, 4.69) is 25.6 Å². The SMILES string of the molecule is O=C(Nc1ccc(F)cc1)Nc1nc2ccncc2cc1-c1ccccn1. The summed E-state index contributed by atoms with van der Waals surface area (Å²) in [5.74, 6) is -0.00443. The van der Waals surface area contributed by atoms with E-state index in [1.54, 1.807) is 24.7 Å². The number of nitrogens with one attached hydrogen (secondary N) is 2. The molecule has 0 fully saturated rings. The highest BCUT2D eigenvalue weighted by Crippen LogP contribution is 2.28.